The van der Waals surface area contributed by atoms with E-state index in [0.29, 0.717) is 6.61 Å². The predicted octanol–water partition coefficient (Wildman–Crippen LogP) is -0.152. The van der Waals surface area contributed by atoms with Gasteiger partial charge in [-0.2, -0.15) is 0 Å². The first kappa shape index (κ1) is 16.9. The summed E-state index contributed by atoms with van der Waals surface area (Å²) < 4.78 is 36.9. The molecule has 3 N–H and O–H groups in total. The van der Waals surface area contributed by atoms with E-state index in [1.807, 2.05) is 0 Å². The third-order valence-corrected chi connectivity index (χ3v) is 5.11. The molecule has 1 atom stereocenters. The first-order chi connectivity index (χ1) is 10.4. The van der Waals surface area contributed by atoms with Gasteiger partial charge in [0.2, 0.25) is 10.0 Å². The minimum absolute atomic E-state index is 0.00142. The van der Waals surface area contributed by atoms with Crippen molar-refractivity contribution in [3.63, 3.8) is 0 Å². The van der Waals surface area contributed by atoms with Crippen LogP contribution in [0.15, 0.2) is 17.2 Å². The number of methoxy groups -OCH3 is 2. The maximum atomic E-state index is 12.3. The summed E-state index contributed by atoms with van der Waals surface area (Å²) in [6, 6.07) is 1.25. The Bertz CT molecular complexity index is 619. The smallest absolute Gasteiger partial charge is 0.354 e. The first-order valence-corrected chi connectivity index (χ1v) is 8.41. The van der Waals surface area contributed by atoms with Crippen molar-refractivity contribution < 1.29 is 22.7 Å². The zero-order valence-electron chi connectivity index (χ0n) is 12.6. The van der Waals surface area contributed by atoms with Crippen LogP contribution in [0.1, 0.15) is 23.3 Å². The molecule has 0 radical (unpaired) electrons. The van der Waals surface area contributed by atoms with Crippen LogP contribution >= 0.6 is 0 Å². The fourth-order valence-corrected chi connectivity index (χ4v) is 3.66. The first-order valence-electron chi connectivity index (χ1n) is 6.93. The summed E-state index contributed by atoms with van der Waals surface area (Å²) in [5, 5.41) is 3.29. The highest BCUT2D eigenvalue weighted by Gasteiger charge is 2.35. The second kappa shape index (κ2) is 6.78. The minimum atomic E-state index is -3.71. The van der Waals surface area contributed by atoms with Gasteiger partial charge >= 0.3 is 5.97 Å². The number of H-pyrrole nitrogens is 1. The van der Waals surface area contributed by atoms with Crippen molar-refractivity contribution in [3.8, 4) is 0 Å². The average molecular weight is 331 g/mol. The molecule has 0 spiro atoms. The fourth-order valence-electron chi connectivity index (χ4n) is 2.54. The van der Waals surface area contributed by atoms with Crippen molar-refractivity contribution in [1.29, 1.82) is 0 Å². The van der Waals surface area contributed by atoms with Crippen molar-refractivity contribution >= 4 is 16.0 Å². The molecule has 8 nitrogen and oxygen atoms in total. The Morgan fingerprint density at radius 3 is 2.82 bits per heavy atom. The average Bonchev–Trinajstić information content (AvgIpc) is 3.15. The largest absolute Gasteiger partial charge is 0.464 e. The molecule has 1 saturated heterocycles. The Balaban J connectivity index is 2.07. The maximum absolute atomic E-state index is 12.3. The SMILES string of the molecule is COCC1(CNS(=O)(=O)c2c[nH]c(C(=O)OC)c2)CCCN1. The molecule has 1 fully saturated rings. The molecule has 1 aromatic rings. The lowest BCUT2D eigenvalue weighted by molar-refractivity contribution is 0.0594. The number of carbonyl (C=O) groups is 1. The van der Waals surface area contributed by atoms with Crippen LogP contribution < -0.4 is 10.0 Å². The Labute approximate surface area is 129 Å². The van der Waals surface area contributed by atoms with Crippen molar-refractivity contribution in [3.05, 3.63) is 18.0 Å². The van der Waals surface area contributed by atoms with Gasteiger partial charge in [-0.3, -0.25) is 0 Å². The summed E-state index contributed by atoms with van der Waals surface area (Å²) in [5.74, 6) is -0.616. The summed E-state index contributed by atoms with van der Waals surface area (Å²) in [7, 11) is -0.889. The quantitative estimate of drug-likeness (QED) is 0.599. The number of carbonyl (C=O) groups excluding carboxylic acids is 1. The standard InChI is InChI=1S/C13H21N3O5S/c1-20-9-13(4-3-5-15-13)8-16-22(18,19)10-6-11(14-7-10)12(17)21-2/h6-7,14-16H,3-5,8-9H2,1-2H3. The van der Waals surface area contributed by atoms with Gasteiger partial charge in [-0.05, 0) is 25.5 Å². The lowest BCUT2D eigenvalue weighted by Gasteiger charge is -2.28. The molecule has 124 valence electrons. The molecule has 1 aliphatic rings. The Hall–Kier alpha value is -1.42. The van der Waals surface area contributed by atoms with E-state index in [0.717, 1.165) is 19.4 Å². The van der Waals surface area contributed by atoms with Gasteiger partial charge in [0.1, 0.15) is 10.6 Å². The van der Waals surface area contributed by atoms with E-state index >= 15 is 0 Å². The van der Waals surface area contributed by atoms with Gasteiger partial charge in [0.25, 0.3) is 0 Å². The second-order valence-electron chi connectivity index (χ2n) is 5.31. The highest BCUT2D eigenvalue weighted by Crippen LogP contribution is 2.20. The molecule has 22 heavy (non-hydrogen) atoms. The summed E-state index contributed by atoms with van der Waals surface area (Å²) in [6.07, 6.45) is 3.07. The number of hydrogen-bond donors (Lipinski definition) is 3. The molecular weight excluding hydrogens is 310 g/mol. The van der Waals surface area contributed by atoms with E-state index in [1.54, 1.807) is 7.11 Å². The molecule has 9 heteroatoms. The van der Waals surface area contributed by atoms with Crippen LogP contribution in [-0.2, 0) is 19.5 Å². The Morgan fingerprint density at radius 2 is 2.23 bits per heavy atom. The topological polar surface area (TPSA) is 110 Å². The van der Waals surface area contributed by atoms with E-state index in [-0.39, 0.29) is 22.7 Å². The van der Waals surface area contributed by atoms with Crippen molar-refractivity contribution in [2.75, 3.05) is 33.9 Å². The molecule has 2 heterocycles. The molecule has 0 saturated carbocycles. The van der Waals surface area contributed by atoms with E-state index in [1.165, 1.54) is 19.4 Å². The highest BCUT2D eigenvalue weighted by atomic mass is 32.2. The number of ether oxygens (including phenoxy) is 2. The molecule has 0 bridgehead atoms. The molecule has 0 aliphatic carbocycles. The van der Waals surface area contributed by atoms with Crippen LogP contribution in [0.3, 0.4) is 0 Å². The van der Waals surface area contributed by atoms with E-state index in [4.69, 9.17) is 4.74 Å². The number of rotatable bonds is 7. The van der Waals surface area contributed by atoms with Crippen LogP contribution in [0, 0.1) is 0 Å². The van der Waals surface area contributed by atoms with Crippen LogP contribution in [0.5, 0.6) is 0 Å². The van der Waals surface area contributed by atoms with Crippen LogP contribution in [0.25, 0.3) is 0 Å². The normalized spacial score (nSPS) is 21.9. The third-order valence-electron chi connectivity index (χ3n) is 3.73. The molecule has 0 amide bonds. The minimum Gasteiger partial charge on any atom is -0.464 e. The number of nitrogens with one attached hydrogen (secondary N) is 3. The summed E-state index contributed by atoms with van der Waals surface area (Å²) >= 11 is 0. The molecule has 0 aromatic carbocycles. The third kappa shape index (κ3) is 3.67. The van der Waals surface area contributed by atoms with Gasteiger partial charge in [-0.1, -0.05) is 0 Å². The molecule has 1 aromatic heterocycles. The lowest BCUT2D eigenvalue weighted by atomic mass is 9.99. The van der Waals surface area contributed by atoms with Crippen LogP contribution in [0.2, 0.25) is 0 Å². The van der Waals surface area contributed by atoms with Gasteiger partial charge in [0, 0.05) is 19.9 Å². The zero-order valence-corrected chi connectivity index (χ0v) is 13.5. The number of aromatic amines is 1. The highest BCUT2D eigenvalue weighted by molar-refractivity contribution is 7.89. The van der Waals surface area contributed by atoms with Crippen LogP contribution in [0.4, 0.5) is 0 Å². The number of hydrogen-bond acceptors (Lipinski definition) is 6. The van der Waals surface area contributed by atoms with E-state index in [2.05, 4.69) is 19.8 Å². The molecular formula is C13H21N3O5S. The number of aromatic nitrogens is 1. The molecule has 2 rings (SSSR count). The Kier molecular flexibility index (Phi) is 5.22. The fraction of sp³-hybridized carbons (Fsp3) is 0.615. The van der Waals surface area contributed by atoms with Gasteiger partial charge in [0.05, 0.1) is 19.3 Å². The van der Waals surface area contributed by atoms with Crippen molar-refractivity contribution in [2.24, 2.45) is 0 Å². The van der Waals surface area contributed by atoms with E-state index in [9.17, 15) is 13.2 Å². The number of esters is 1. The predicted molar refractivity (Wildman–Crippen MR) is 79.2 cm³/mol. The summed E-state index contributed by atoms with van der Waals surface area (Å²) in [5.41, 5.74) is -0.294. The number of sulfonamides is 1. The lowest BCUT2D eigenvalue weighted by Crippen LogP contribution is -2.52. The monoisotopic (exact) mass is 331 g/mol. The van der Waals surface area contributed by atoms with Gasteiger partial charge in [0.15, 0.2) is 0 Å². The molecule has 1 aliphatic heterocycles. The maximum Gasteiger partial charge on any atom is 0.354 e. The van der Waals surface area contributed by atoms with Gasteiger partial charge < -0.3 is 19.8 Å². The van der Waals surface area contributed by atoms with Crippen molar-refractivity contribution in [2.45, 2.75) is 23.3 Å². The van der Waals surface area contributed by atoms with Crippen LogP contribution in [-0.4, -0.2) is 58.8 Å². The van der Waals surface area contributed by atoms with Gasteiger partial charge in [-0.15, -0.1) is 0 Å². The zero-order chi connectivity index (χ0) is 16.2. The molecule has 1 unspecified atom stereocenters. The Morgan fingerprint density at radius 1 is 1.45 bits per heavy atom. The summed E-state index contributed by atoms with van der Waals surface area (Å²) in [6.45, 7) is 1.49. The van der Waals surface area contributed by atoms with Crippen molar-refractivity contribution in [1.82, 2.24) is 15.0 Å². The second-order valence-corrected chi connectivity index (χ2v) is 7.08. The van der Waals surface area contributed by atoms with Gasteiger partial charge in [-0.25, -0.2) is 17.9 Å². The summed E-state index contributed by atoms with van der Waals surface area (Å²) in [4.78, 5) is 14.0. The van der Waals surface area contributed by atoms with E-state index < -0.39 is 16.0 Å².